The predicted molar refractivity (Wildman–Crippen MR) is 70.2 cm³/mol. The zero-order chi connectivity index (χ0) is 12.8. The molecule has 0 aliphatic rings. The van der Waals surface area contributed by atoms with Crippen LogP contribution in [0, 0.1) is 0 Å². The molecule has 0 spiro atoms. The molecule has 0 aliphatic heterocycles. The van der Waals surface area contributed by atoms with Crippen LogP contribution < -0.4 is 0 Å². The fraction of sp³-hybridized carbons (Fsp3) is 0. The van der Waals surface area contributed by atoms with Gasteiger partial charge in [0.15, 0.2) is 0 Å². The van der Waals surface area contributed by atoms with E-state index in [1.165, 1.54) is 0 Å². The maximum Gasteiger partial charge on any atom is 2.00 e. The van der Waals surface area contributed by atoms with Crippen LogP contribution in [0.3, 0.4) is 0 Å². The predicted octanol–water partition coefficient (Wildman–Crippen LogP) is 2.12. The molecule has 0 saturated heterocycles. The Morgan fingerprint density at radius 1 is 0.650 bits per heavy atom. The van der Waals surface area contributed by atoms with Crippen LogP contribution in [0.4, 0.5) is 0 Å². The summed E-state index contributed by atoms with van der Waals surface area (Å²) in [6, 6.07) is 16.6. The third-order valence-electron chi connectivity index (χ3n) is 2.21. The molecule has 0 saturated carbocycles. The Morgan fingerprint density at radius 2 is 0.950 bits per heavy atom. The van der Waals surface area contributed by atoms with E-state index in [1.54, 1.807) is 60.7 Å². The van der Waals surface area contributed by atoms with Gasteiger partial charge in [0.25, 0.3) is 0 Å². The van der Waals surface area contributed by atoms with E-state index in [1.807, 2.05) is 0 Å². The first-order valence-corrected chi connectivity index (χ1v) is 5.30. The first kappa shape index (κ1) is 18.1. The number of carbonyl (C=O) groups is 2. The van der Waals surface area contributed by atoms with Crippen LogP contribution in [0.2, 0.25) is 0 Å². The molecule has 0 radical (unpaired) electrons. The van der Waals surface area contributed by atoms with Crippen molar-refractivity contribution in [3.8, 4) is 0 Å². The number of hydrogen-bond donors (Lipinski definition) is 0. The quantitative estimate of drug-likeness (QED) is 0.480. The fourth-order valence-corrected chi connectivity index (χ4v) is 1.32. The first-order valence-electron chi connectivity index (χ1n) is 5.30. The van der Waals surface area contributed by atoms with E-state index in [9.17, 15) is 9.59 Å². The molecule has 0 heterocycles. The molecule has 0 fully saturated rings. The Bertz CT molecular complexity index is 491. The van der Waals surface area contributed by atoms with Gasteiger partial charge in [-0.25, -0.2) is 19.4 Å². The molecule has 0 atom stereocenters. The molecule has 0 aliphatic carbocycles. The summed E-state index contributed by atoms with van der Waals surface area (Å²) < 4.78 is 0. The zero-order valence-corrected chi connectivity index (χ0v) is 11.9. The van der Waals surface area contributed by atoms with Crippen molar-refractivity contribution < 1.29 is 24.8 Å². The van der Waals surface area contributed by atoms with Gasteiger partial charge < -0.3 is 5.48 Å². The second kappa shape index (κ2) is 9.08. The smallest absolute Gasteiger partial charge is 2.00 e. The van der Waals surface area contributed by atoms with Crippen molar-refractivity contribution >= 4 is 35.0 Å². The van der Waals surface area contributed by atoms with Crippen molar-refractivity contribution in [3.05, 3.63) is 71.8 Å². The molecule has 20 heavy (non-hydrogen) atoms. The second-order valence-corrected chi connectivity index (χ2v) is 3.47. The number of benzene rings is 2. The van der Waals surface area contributed by atoms with E-state index in [4.69, 9.17) is 0 Å². The molecular weight excluding hydrogens is 272 g/mol. The SMILES string of the molecule is O=C(OOC(=O)c1ccccc1)c1ccccc1.[Mg+2].[O-2]. The van der Waals surface area contributed by atoms with Gasteiger partial charge in [-0.05, 0) is 24.3 Å². The van der Waals surface area contributed by atoms with Gasteiger partial charge in [0.2, 0.25) is 0 Å². The molecule has 0 N–H and O–H groups in total. The van der Waals surface area contributed by atoms with Gasteiger partial charge in [-0.3, -0.25) is 0 Å². The van der Waals surface area contributed by atoms with E-state index in [-0.39, 0.29) is 28.5 Å². The summed E-state index contributed by atoms with van der Waals surface area (Å²) in [5.74, 6) is -1.42. The van der Waals surface area contributed by atoms with Crippen molar-refractivity contribution in [1.29, 1.82) is 0 Å². The van der Waals surface area contributed by atoms with Crippen LogP contribution in [0.1, 0.15) is 20.7 Å². The van der Waals surface area contributed by atoms with Crippen molar-refractivity contribution in [2.45, 2.75) is 0 Å². The fourth-order valence-electron chi connectivity index (χ4n) is 1.32. The Morgan fingerprint density at radius 3 is 1.25 bits per heavy atom. The summed E-state index contributed by atoms with van der Waals surface area (Å²) in [5.41, 5.74) is 0.636. The Kier molecular flexibility index (Phi) is 8.22. The molecule has 0 bridgehead atoms. The molecule has 98 valence electrons. The summed E-state index contributed by atoms with van der Waals surface area (Å²) in [6.45, 7) is 0. The average Bonchev–Trinajstić information content (AvgIpc) is 2.46. The van der Waals surface area contributed by atoms with Crippen LogP contribution in [0.25, 0.3) is 0 Å². The van der Waals surface area contributed by atoms with Crippen molar-refractivity contribution in [2.24, 2.45) is 0 Å². The summed E-state index contributed by atoms with van der Waals surface area (Å²) in [5, 5.41) is 0. The summed E-state index contributed by atoms with van der Waals surface area (Å²) in [7, 11) is 0. The van der Waals surface area contributed by atoms with E-state index >= 15 is 0 Å². The molecule has 2 aromatic carbocycles. The number of rotatable bonds is 2. The molecule has 2 rings (SSSR count). The summed E-state index contributed by atoms with van der Waals surface area (Å²) >= 11 is 0. The third kappa shape index (κ3) is 5.00. The van der Waals surface area contributed by atoms with Crippen LogP contribution in [-0.4, -0.2) is 35.0 Å². The van der Waals surface area contributed by atoms with Gasteiger partial charge in [0.05, 0.1) is 11.1 Å². The molecule has 0 aromatic heterocycles. The Balaban J connectivity index is 0.00000180. The third-order valence-corrected chi connectivity index (χ3v) is 2.21. The van der Waals surface area contributed by atoms with Crippen molar-refractivity contribution in [3.63, 3.8) is 0 Å². The number of hydrogen-bond acceptors (Lipinski definition) is 4. The summed E-state index contributed by atoms with van der Waals surface area (Å²) in [6.07, 6.45) is 0. The second-order valence-electron chi connectivity index (χ2n) is 3.47. The van der Waals surface area contributed by atoms with Crippen molar-refractivity contribution in [2.75, 3.05) is 0 Å². The van der Waals surface area contributed by atoms with Crippen molar-refractivity contribution in [1.82, 2.24) is 0 Å². The van der Waals surface area contributed by atoms with Gasteiger partial charge in [-0.15, -0.1) is 0 Å². The van der Waals surface area contributed by atoms with Crippen LogP contribution in [0.5, 0.6) is 0 Å². The molecule has 5 nitrogen and oxygen atoms in total. The average molecular weight is 283 g/mol. The molecular formula is C14H10MgO5. The van der Waals surface area contributed by atoms with Crippen LogP contribution in [0.15, 0.2) is 60.7 Å². The van der Waals surface area contributed by atoms with Crippen LogP contribution >= 0.6 is 0 Å². The van der Waals surface area contributed by atoms with Gasteiger partial charge in [0, 0.05) is 0 Å². The number of carbonyl (C=O) groups excluding carboxylic acids is 2. The Hall–Kier alpha value is -1.89. The normalized spacial score (nSPS) is 8.60. The topological polar surface area (TPSA) is 81.1 Å². The minimum Gasteiger partial charge on any atom is -2.00 e. The largest absolute Gasteiger partial charge is 2.00 e. The Labute approximate surface area is 131 Å². The minimum absolute atomic E-state index is 0. The molecule has 0 amide bonds. The maximum absolute atomic E-state index is 11.5. The van der Waals surface area contributed by atoms with Gasteiger partial charge in [-0.2, -0.15) is 0 Å². The van der Waals surface area contributed by atoms with Gasteiger partial charge in [-0.1, -0.05) is 36.4 Å². The van der Waals surface area contributed by atoms with Gasteiger partial charge >= 0.3 is 35.0 Å². The maximum atomic E-state index is 11.5. The molecule has 2 aromatic rings. The molecule has 6 heteroatoms. The minimum atomic E-state index is -0.708. The monoisotopic (exact) mass is 282 g/mol. The van der Waals surface area contributed by atoms with Gasteiger partial charge in [0.1, 0.15) is 0 Å². The van der Waals surface area contributed by atoms with Crippen LogP contribution in [-0.2, 0) is 15.3 Å². The first-order chi connectivity index (χ1) is 8.77. The molecule has 0 unspecified atom stereocenters. The zero-order valence-electron chi connectivity index (χ0n) is 10.5. The van der Waals surface area contributed by atoms with E-state index in [0.29, 0.717) is 11.1 Å². The van der Waals surface area contributed by atoms with E-state index in [2.05, 4.69) is 9.78 Å². The standard InChI is InChI=1S/C14H10O4.Mg.O/c15-13(11-7-3-1-4-8-11)17-18-14(16)12-9-5-2-6-10-12;;/h1-10H;;/q;+2;-2. The van der Waals surface area contributed by atoms with E-state index < -0.39 is 11.9 Å². The van der Waals surface area contributed by atoms with E-state index in [0.717, 1.165) is 0 Å². The summed E-state index contributed by atoms with van der Waals surface area (Å²) in [4.78, 5) is 31.9.